The summed E-state index contributed by atoms with van der Waals surface area (Å²) in [4.78, 5) is 4.76. The third-order valence-electron chi connectivity index (χ3n) is 4.43. The van der Waals surface area contributed by atoms with Crippen molar-refractivity contribution in [2.24, 2.45) is 0 Å². The topological polar surface area (TPSA) is 34.1 Å². The van der Waals surface area contributed by atoms with E-state index in [9.17, 15) is 0 Å². The molecule has 4 heteroatoms. The molecule has 4 aromatic rings. The Hall–Kier alpha value is -2.85. The molecule has 1 heterocycles. The molecule has 0 aliphatic rings. The number of rotatable bonds is 6. The number of nitrogens with one attached hydrogen (secondary N) is 1. The van der Waals surface area contributed by atoms with Crippen LogP contribution in [0.15, 0.2) is 66.7 Å². The second-order valence-electron chi connectivity index (χ2n) is 6.46. The van der Waals surface area contributed by atoms with Crippen molar-refractivity contribution in [3.63, 3.8) is 0 Å². The van der Waals surface area contributed by atoms with Gasteiger partial charge in [-0.2, -0.15) is 0 Å². The van der Waals surface area contributed by atoms with Crippen LogP contribution in [0.4, 0.5) is 5.69 Å². The Labute approximate surface area is 163 Å². The van der Waals surface area contributed by atoms with Crippen LogP contribution in [-0.4, -0.2) is 11.6 Å². The van der Waals surface area contributed by atoms with Crippen LogP contribution >= 0.6 is 11.3 Å². The maximum atomic E-state index is 5.69. The highest BCUT2D eigenvalue weighted by atomic mass is 32.1. The first kappa shape index (κ1) is 17.6. The van der Waals surface area contributed by atoms with Crippen molar-refractivity contribution in [3.8, 4) is 16.3 Å². The van der Waals surface area contributed by atoms with Crippen LogP contribution < -0.4 is 10.1 Å². The van der Waals surface area contributed by atoms with Gasteiger partial charge in [-0.25, -0.2) is 4.98 Å². The number of thiazole rings is 1. The van der Waals surface area contributed by atoms with E-state index in [1.165, 1.54) is 10.3 Å². The number of aromatic nitrogens is 1. The second-order valence-corrected chi connectivity index (χ2v) is 7.49. The highest BCUT2D eigenvalue weighted by Crippen LogP contribution is 2.31. The molecule has 3 aromatic carbocycles. The Bertz CT molecular complexity index is 1050. The van der Waals surface area contributed by atoms with Crippen molar-refractivity contribution in [3.05, 3.63) is 77.9 Å². The van der Waals surface area contributed by atoms with E-state index in [4.69, 9.17) is 9.72 Å². The lowest BCUT2D eigenvalue weighted by atomic mass is 10.1. The zero-order valence-electron chi connectivity index (χ0n) is 15.5. The minimum Gasteiger partial charge on any atom is -0.494 e. The van der Waals surface area contributed by atoms with Gasteiger partial charge in [-0.3, -0.25) is 0 Å². The number of ether oxygens (including phenoxy) is 1. The summed E-state index contributed by atoms with van der Waals surface area (Å²) in [6, 6.07) is 23.0. The summed E-state index contributed by atoms with van der Waals surface area (Å²) >= 11 is 1.74. The van der Waals surface area contributed by atoms with Crippen LogP contribution in [0.25, 0.3) is 20.8 Å². The summed E-state index contributed by atoms with van der Waals surface area (Å²) in [6.45, 7) is 5.53. The first-order chi connectivity index (χ1) is 13.2. The molecule has 0 aliphatic heterocycles. The molecule has 0 unspecified atom stereocenters. The smallest absolute Gasteiger partial charge is 0.124 e. The Morgan fingerprint density at radius 3 is 2.63 bits per heavy atom. The molecule has 0 spiro atoms. The Morgan fingerprint density at radius 2 is 1.81 bits per heavy atom. The van der Waals surface area contributed by atoms with E-state index in [1.54, 1.807) is 11.3 Å². The Kier molecular flexibility index (Phi) is 5.07. The van der Waals surface area contributed by atoms with Crippen LogP contribution in [0.2, 0.25) is 0 Å². The molecule has 27 heavy (non-hydrogen) atoms. The van der Waals surface area contributed by atoms with Gasteiger partial charge in [-0.15, -0.1) is 11.3 Å². The molecule has 0 aliphatic carbocycles. The predicted octanol–water partition coefficient (Wildman–Crippen LogP) is 6.28. The molecule has 0 saturated carbocycles. The minimum atomic E-state index is 0.674. The third kappa shape index (κ3) is 3.96. The van der Waals surface area contributed by atoms with Gasteiger partial charge in [-0.05, 0) is 61.9 Å². The fourth-order valence-electron chi connectivity index (χ4n) is 3.03. The molecule has 3 nitrogen and oxygen atoms in total. The zero-order chi connectivity index (χ0) is 18.6. The SMILES string of the molecule is CCOc1ccccc1CNc1ccc(-c2nc3ccc(C)cc3s2)cc1. The summed E-state index contributed by atoms with van der Waals surface area (Å²) in [7, 11) is 0. The standard InChI is InChI=1S/C23H22N2OS/c1-3-26-21-7-5-4-6-18(21)15-24-19-11-9-17(10-12-19)23-25-20-13-8-16(2)14-22(20)27-23/h4-14,24H,3,15H2,1-2H3. The monoisotopic (exact) mass is 374 g/mol. The summed E-state index contributed by atoms with van der Waals surface area (Å²) in [5.41, 5.74) is 5.72. The van der Waals surface area contributed by atoms with Crippen molar-refractivity contribution in [1.29, 1.82) is 0 Å². The molecule has 1 N–H and O–H groups in total. The van der Waals surface area contributed by atoms with Crippen LogP contribution in [-0.2, 0) is 6.54 Å². The van der Waals surface area contributed by atoms with E-state index in [1.807, 2.05) is 25.1 Å². The largest absolute Gasteiger partial charge is 0.494 e. The molecule has 0 radical (unpaired) electrons. The third-order valence-corrected chi connectivity index (χ3v) is 5.50. The minimum absolute atomic E-state index is 0.674. The van der Waals surface area contributed by atoms with Crippen molar-refractivity contribution >= 4 is 27.2 Å². The zero-order valence-corrected chi connectivity index (χ0v) is 16.3. The number of anilines is 1. The van der Waals surface area contributed by atoms with E-state index < -0.39 is 0 Å². The molecular weight excluding hydrogens is 352 g/mol. The molecular formula is C23H22N2OS. The first-order valence-corrected chi connectivity index (χ1v) is 9.97. The van der Waals surface area contributed by atoms with Gasteiger partial charge >= 0.3 is 0 Å². The fourth-order valence-corrected chi connectivity index (χ4v) is 4.10. The first-order valence-electron chi connectivity index (χ1n) is 9.15. The molecule has 0 amide bonds. The molecule has 0 bridgehead atoms. The highest BCUT2D eigenvalue weighted by Gasteiger charge is 2.07. The van der Waals surface area contributed by atoms with Crippen molar-refractivity contribution in [2.75, 3.05) is 11.9 Å². The van der Waals surface area contributed by atoms with Gasteiger partial charge < -0.3 is 10.1 Å². The average molecular weight is 375 g/mol. The van der Waals surface area contributed by atoms with Gasteiger partial charge in [0, 0.05) is 23.4 Å². The lowest BCUT2D eigenvalue weighted by Crippen LogP contribution is -2.03. The second kappa shape index (κ2) is 7.80. The van der Waals surface area contributed by atoms with E-state index in [-0.39, 0.29) is 0 Å². The van der Waals surface area contributed by atoms with Crippen LogP contribution in [0.3, 0.4) is 0 Å². The van der Waals surface area contributed by atoms with E-state index in [2.05, 4.69) is 60.8 Å². The molecule has 136 valence electrons. The summed E-state index contributed by atoms with van der Waals surface area (Å²) in [5, 5.41) is 4.53. The lowest BCUT2D eigenvalue weighted by Gasteiger charge is -2.12. The Balaban J connectivity index is 1.49. The lowest BCUT2D eigenvalue weighted by molar-refractivity contribution is 0.337. The predicted molar refractivity (Wildman–Crippen MR) is 115 cm³/mol. The average Bonchev–Trinajstić information content (AvgIpc) is 3.11. The molecule has 0 atom stereocenters. The number of hydrogen-bond donors (Lipinski definition) is 1. The van der Waals surface area contributed by atoms with Gasteiger partial charge in [0.1, 0.15) is 10.8 Å². The van der Waals surface area contributed by atoms with Gasteiger partial charge in [0.15, 0.2) is 0 Å². The quantitative estimate of drug-likeness (QED) is 0.431. The molecule has 4 rings (SSSR count). The normalized spacial score (nSPS) is 10.9. The highest BCUT2D eigenvalue weighted by molar-refractivity contribution is 7.21. The van der Waals surface area contributed by atoms with Crippen LogP contribution in [0.1, 0.15) is 18.1 Å². The van der Waals surface area contributed by atoms with Crippen molar-refractivity contribution in [2.45, 2.75) is 20.4 Å². The van der Waals surface area contributed by atoms with Crippen LogP contribution in [0, 0.1) is 6.92 Å². The number of aryl methyl sites for hydroxylation is 1. The summed E-state index contributed by atoms with van der Waals surface area (Å²) in [5.74, 6) is 0.939. The number of fused-ring (bicyclic) bond motifs is 1. The van der Waals surface area contributed by atoms with Crippen LogP contribution in [0.5, 0.6) is 5.75 Å². The fraction of sp³-hybridized carbons (Fsp3) is 0.174. The van der Waals surface area contributed by atoms with Crippen molar-refractivity contribution in [1.82, 2.24) is 4.98 Å². The Morgan fingerprint density at radius 1 is 1.00 bits per heavy atom. The molecule has 0 fully saturated rings. The van der Waals surface area contributed by atoms with Gasteiger partial charge in [0.05, 0.1) is 16.8 Å². The summed E-state index contributed by atoms with van der Waals surface area (Å²) < 4.78 is 6.93. The van der Waals surface area contributed by atoms with Gasteiger partial charge in [-0.1, -0.05) is 24.3 Å². The number of hydrogen-bond acceptors (Lipinski definition) is 4. The van der Waals surface area contributed by atoms with E-state index >= 15 is 0 Å². The summed E-state index contributed by atoms with van der Waals surface area (Å²) in [6.07, 6.45) is 0. The maximum absolute atomic E-state index is 5.69. The van der Waals surface area contributed by atoms with Crippen molar-refractivity contribution < 1.29 is 4.74 Å². The maximum Gasteiger partial charge on any atom is 0.124 e. The number of benzene rings is 3. The molecule has 0 saturated heterocycles. The number of nitrogens with zero attached hydrogens (tertiary/aromatic N) is 1. The number of para-hydroxylation sites is 1. The van der Waals surface area contributed by atoms with E-state index in [0.29, 0.717) is 6.61 Å². The molecule has 1 aromatic heterocycles. The van der Waals surface area contributed by atoms with E-state index in [0.717, 1.165) is 39.6 Å². The van der Waals surface area contributed by atoms with Gasteiger partial charge in [0.25, 0.3) is 0 Å². The van der Waals surface area contributed by atoms with Gasteiger partial charge in [0.2, 0.25) is 0 Å².